The lowest BCUT2D eigenvalue weighted by atomic mass is 10.0. The van der Waals surface area contributed by atoms with Crippen LogP contribution in [0.25, 0.3) is 0 Å². The lowest BCUT2D eigenvalue weighted by Gasteiger charge is -2.32. The molecule has 0 spiro atoms. The van der Waals surface area contributed by atoms with E-state index in [1.54, 1.807) is 35.4 Å². The van der Waals surface area contributed by atoms with Crippen LogP contribution in [0, 0.1) is 5.92 Å². The lowest BCUT2D eigenvalue weighted by Crippen LogP contribution is -2.51. The van der Waals surface area contributed by atoms with Crippen LogP contribution in [-0.4, -0.2) is 22.8 Å². The summed E-state index contributed by atoms with van der Waals surface area (Å²) in [5.74, 6) is 0.113. The highest BCUT2D eigenvalue weighted by Crippen LogP contribution is 2.19. The summed E-state index contributed by atoms with van der Waals surface area (Å²) in [6.07, 6.45) is 1.98. The van der Waals surface area contributed by atoms with Gasteiger partial charge in [0.15, 0.2) is 0 Å². The molecule has 0 fully saturated rings. The summed E-state index contributed by atoms with van der Waals surface area (Å²) in [5.41, 5.74) is 1.90. The molecule has 0 aliphatic carbocycles. The molecule has 1 atom stereocenters. The van der Waals surface area contributed by atoms with E-state index in [4.69, 9.17) is 16.0 Å². The zero-order chi connectivity index (χ0) is 22.2. The number of furan rings is 1. The Kier molecular flexibility index (Phi) is 7.90. The van der Waals surface area contributed by atoms with Crippen LogP contribution in [0.3, 0.4) is 0 Å². The molecule has 0 aliphatic rings. The molecule has 0 saturated heterocycles. The van der Waals surface area contributed by atoms with E-state index in [-0.39, 0.29) is 24.3 Å². The summed E-state index contributed by atoms with van der Waals surface area (Å²) < 4.78 is 5.33. The maximum Gasteiger partial charge on any atom is 0.243 e. The molecule has 2 aromatic carbocycles. The van der Waals surface area contributed by atoms with Gasteiger partial charge in [-0.2, -0.15) is 0 Å². The van der Waals surface area contributed by atoms with Crippen LogP contribution < -0.4 is 5.32 Å². The summed E-state index contributed by atoms with van der Waals surface area (Å²) in [4.78, 5) is 28.1. The third-order valence-corrected chi connectivity index (χ3v) is 5.26. The number of hydrogen-bond donors (Lipinski definition) is 1. The van der Waals surface area contributed by atoms with Crippen molar-refractivity contribution < 1.29 is 14.0 Å². The molecule has 3 rings (SSSR count). The standard InChI is InChI=1S/C25H27ClN2O3/c1-18(2)25(30)28(17-20-10-12-21(26)13-11-20)23(15-19-7-4-3-5-8-19)24(29)27-16-22-9-6-14-31-22/h3-14,18,23H,15-17H2,1-2H3,(H,27,29). The minimum atomic E-state index is -0.664. The van der Waals surface area contributed by atoms with E-state index in [1.807, 2.05) is 56.3 Å². The molecule has 0 saturated carbocycles. The van der Waals surface area contributed by atoms with Crippen molar-refractivity contribution in [2.45, 2.75) is 39.4 Å². The van der Waals surface area contributed by atoms with Crippen molar-refractivity contribution in [3.8, 4) is 0 Å². The number of amides is 2. The number of nitrogens with zero attached hydrogens (tertiary/aromatic N) is 1. The van der Waals surface area contributed by atoms with Crippen molar-refractivity contribution >= 4 is 23.4 Å². The van der Waals surface area contributed by atoms with Gasteiger partial charge in [0.25, 0.3) is 0 Å². The van der Waals surface area contributed by atoms with Crippen molar-refractivity contribution in [3.63, 3.8) is 0 Å². The number of carbonyl (C=O) groups excluding carboxylic acids is 2. The summed E-state index contributed by atoms with van der Waals surface area (Å²) in [5, 5.41) is 3.55. The average Bonchev–Trinajstić information content (AvgIpc) is 3.29. The molecule has 1 aromatic heterocycles. The van der Waals surface area contributed by atoms with E-state index >= 15 is 0 Å². The Balaban J connectivity index is 1.89. The zero-order valence-electron chi connectivity index (χ0n) is 17.8. The second kappa shape index (κ2) is 10.8. The summed E-state index contributed by atoms with van der Waals surface area (Å²) in [6, 6.07) is 20.0. The highest BCUT2D eigenvalue weighted by molar-refractivity contribution is 6.30. The molecule has 5 nitrogen and oxygen atoms in total. The number of benzene rings is 2. The van der Waals surface area contributed by atoms with Crippen LogP contribution >= 0.6 is 11.6 Å². The van der Waals surface area contributed by atoms with E-state index in [0.29, 0.717) is 23.7 Å². The first-order valence-electron chi connectivity index (χ1n) is 10.3. The van der Waals surface area contributed by atoms with Crippen LogP contribution in [0.4, 0.5) is 0 Å². The van der Waals surface area contributed by atoms with Gasteiger partial charge in [-0.3, -0.25) is 9.59 Å². The normalized spacial score (nSPS) is 11.9. The Labute approximate surface area is 188 Å². The summed E-state index contributed by atoms with van der Waals surface area (Å²) >= 11 is 6.02. The molecular formula is C25H27ClN2O3. The summed E-state index contributed by atoms with van der Waals surface area (Å²) in [7, 11) is 0. The van der Waals surface area contributed by atoms with Gasteiger partial charge in [0.05, 0.1) is 12.8 Å². The van der Waals surface area contributed by atoms with E-state index < -0.39 is 6.04 Å². The molecule has 2 amide bonds. The van der Waals surface area contributed by atoms with Crippen LogP contribution in [0.2, 0.25) is 5.02 Å². The molecule has 6 heteroatoms. The quantitative estimate of drug-likeness (QED) is 0.519. The second-order valence-electron chi connectivity index (χ2n) is 7.75. The lowest BCUT2D eigenvalue weighted by molar-refractivity contribution is -0.143. The molecule has 31 heavy (non-hydrogen) atoms. The smallest absolute Gasteiger partial charge is 0.243 e. The van der Waals surface area contributed by atoms with Gasteiger partial charge >= 0.3 is 0 Å². The van der Waals surface area contributed by atoms with E-state index in [1.165, 1.54) is 0 Å². The molecule has 3 aromatic rings. The number of carbonyl (C=O) groups is 2. The molecule has 1 unspecified atom stereocenters. The van der Waals surface area contributed by atoms with Gasteiger partial charge < -0.3 is 14.6 Å². The van der Waals surface area contributed by atoms with Crippen molar-refractivity contribution in [1.29, 1.82) is 0 Å². The van der Waals surface area contributed by atoms with Crippen LogP contribution in [-0.2, 0) is 29.1 Å². The zero-order valence-corrected chi connectivity index (χ0v) is 18.5. The average molecular weight is 439 g/mol. The van der Waals surface area contributed by atoms with Crippen molar-refractivity contribution in [1.82, 2.24) is 10.2 Å². The van der Waals surface area contributed by atoms with Gasteiger partial charge in [-0.05, 0) is 35.4 Å². The van der Waals surface area contributed by atoms with Gasteiger partial charge in [-0.15, -0.1) is 0 Å². The van der Waals surface area contributed by atoms with Crippen molar-refractivity contribution in [2.24, 2.45) is 5.92 Å². The third kappa shape index (κ3) is 6.46. The number of nitrogens with one attached hydrogen (secondary N) is 1. The van der Waals surface area contributed by atoms with Gasteiger partial charge in [0.1, 0.15) is 11.8 Å². The Morgan fingerprint density at radius 3 is 2.29 bits per heavy atom. The van der Waals surface area contributed by atoms with Crippen LogP contribution in [0.5, 0.6) is 0 Å². The first kappa shape index (κ1) is 22.6. The van der Waals surface area contributed by atoms with E-state index in [9.17, 15) is 9.59 Å². The fourth-order valence-corrected chi connectivity index (χ4v) is 3.47. The highest BCUT2D eigenvalue weighted by atomic mass is 35.5. The molecule has 0 bridgehead atoms. The number of halogens is 1. The first-order valence-corrected chi connectivity index (χ1v) is 10.7. The maximum absolute atomic E-state index is 13.3. The van der Waals surface area contributed by atoms with Gasteiger partial charge in [-0.1, -0.05) is 67.9 Å². The number of hydrogen-bond acceptors (Lipinski definition) is 3. The maximum atomic E-state index is 13.3. The predicted molar refractivity (Wildman–Crippen MR) is 121 cm³/mol. The molecule has 1 heterocycles. The Morgan fingerprint density at radius 1 is 0.968 bits per heavy atom. The van der Waals surface area contributed by atoms with E-state index in [0.717, 1.165) is 11.1 Å². The largest absolute Gasteiger partial charge is 0.467 e. The molecule has 162 valence electrons. The molecular weight excluding hydrogens is 412 g/mol. The minimum Gasteiger partial charge on any atom is -0.467 e. The fraction of sp³-hybridized carbons (Fsp3) is 0.280. The topological polar surface area (TPSA) is 62.6 Å². The van der Waals surface area contributed by atoms with Gasteiger partial charge in [-0.25, -0.2) is 0 Å². The Hall–Kier alpha value is -3.05. The van der Waals surface area contributed by atoms with Crippen molar-refractivity contribution in [3.05, 3.63) is 94.9 Å². The molecule has 1 N–H and O–H groups in total. The Morgan fingerprint density at radius 2 is 1.68 bits per heavy atom. The molecule has 0 radical (unpaired) electrons. The number of rotatable bonds is 9. The fourth-order valence-electron chi connectivity index (χ4n) is 3.35. The monoisotopic (exact) mass is 438 g/mol. The van der Waals surface area contributed by atoms with Gasteiger partial charge in [0.2, 0.25) is 11.8 Å². The SMILES string of the molecule is CC(C)C(=O)N(Cc1ccc(Cl)cc1)C(Cc1ccccc1)C(=O)NCc1ccco1. The summed E-state index contributed by atoms with van der Waals surface area (Å²) in [6.45, 7) is 4.27. The molecule has 0 aliphatic heterocycles. The van der Waals surface area contributed by atoms with Crippen LogP contribution in [0.1, 0.15) is 30.7 Å². The first-order chi connectivity index (χ1) is 14.9. The second-order valence-corrected chi connectivity index (χ2v) is 8.19. The van der Waals surface area contributed by atoms with Gasteiger partial charge in [0, 0.05) is 23.9 Å². The predicted octanol–water partition coefficient (Wildman–Crippen LogP) is 4.85. The third-order valence-electron chi connectivity index (χ3n) is 5.01. The van der Waals surface area contributed by atoms with Crippen molar-refractivity contribution in [2.75, 3.05) is 0 Å². The van der Waals surface area contributed by atoms with Crippen LogP contribution in [0.15, 0.2) is 77.4 Å². The highest BCUT2D eigenvalue weighted by Gasteiger charge is 2.31. The Bertz CT molecular complexity index is 970. The van der Waals surface area contributed by atoms with E-state index in [2.05, 4.69) is 5.32 Å². The minimum absolute atomic E-state index is 0.0796.